The molecule has 0 saturated carbocycles. The zero-order valence-corrected chi connectivity index (χ0v) is 12.9. The van der Waals surface area contributed by atoms with Crippen LogP contribution in [0.25, 0.3) is 0 Å². The molecule has 2 rings (SSSR count). The van der Waals surface area contributed by atoms with Crippen molar-refractivity contribution in [2.24, 2.45) is 0 Å². The smallest absolute Gasteiger partial charge is 0.257 e. The van der Waals surface area contributed by atoms with Crippen LogP contribution in [0.1, 0.15) is 4.88 Å². The molecule has 0 aliphatic rings. The Morgan fingerprint density at radius 3 is 2.90 bits per heavy atom. The zero-order valence-electron chi connectivity index (χ0n) is 10.6. The molecule has 1 N–H and O–H groups in total. The molecule has 2 aromatic rings. The average Bonchev–Trinajstić information content (AvgIpc) is 2.93. The first kappa shape index (κ1) is 15.2. The van der Waals surface area contributed by atoms with Gasteiger partial charge in [0.2, 0.25) is 0 Å². The highest BCUT2D eigenvalue weighted by Crippen LogP contribution is 2.27. The van der Waals surface area contributed by atoms with Crippen molar-refractivity contribution >= 4 is 40.4 Å². The van der Waals surface area contributed by atoms with E-state index < -0.39 is 0 Å². The van der Waals surface area contributed by atoms with Gasteiger partial charge in [0.25, 0.3) is 5.91 Å². The fourth-order valence-electron chi connectivity index (χ4n) is 1.56. The molecule has 3 nitrogen and oxygen atoms in total. The Labute approximate surface area is 131 Å². The van der Waals surface area contributed by atoms with E-state index >= 15 is 0 Å². The maximum Gasteiger partial charge on any atom is 0.257 e. The molecule has 20 heavy (non-hydrogen) atoms. The third-order valence-corrected chi connectivity index (χ3v) is 4.01. The molecule has 1 aromatic carbocycles. The van der Waals surface area contributed by atoms with Crippen molar-refractivity contribution in [3.63, 3.8) is 0 Å². The van der Waals surface area contributed by atoms with E-state index in [4.69, 9.17) is 27.9 Å². The summed E-state index contributed by atoms with van der Waals surface area (Å²) in [5.41, 5.74) is 0. The quantitative estimate of drug-likeness (QED) is 0.875. The molecular formula is C14H13Cl2NO2S. The van der Waals surface area contributed by atoms with Crippen molar-refractivity contribution in [1.82, 2.24) is 5.32 Å². The van der Waals surface area contributed by atoms with E-state index in [0.29, 0.717) is 22.3 Å². The molecule has 0 aliphatic heterocycles. The minimum atomic E-state index is -0.183. The van der Waals surface area contributed by atoms with Crippen molar-refractivity contribution in [3.8, 4) is 5.75 Å². The summed E-state index contributed by atoms with van der Waals surface area (Å²) in [6.45, 7) is 0.510. The second kappa shape index (κ2) is 7.53. The maximum atomic E-state index is 11.6. The molecule has 0 radical (unpaired) electrons. The van der Waals surface area contributed by atoms with Crippen molar-refractivity contribution < 1.29 is 9.53 Å². The normalized spacial score (nSPS) is 10.3. The summed E-state index contributed by atoms with van der Waals surface area (Å²) in [6.07, 6.45) is 0.821. The van der Waals surface area contributed by atoms with Crippen LogP contribution in [-0.4, -0.2) is 19.1 Å². The third kappa shape index (κ3) is 4.71. The van der Waals surface area contributed by atoms with Crippen LogP contribution in [0.15, 0.2) is 35.7 Å². The second-order valence-corrected chi connectivity index (χ2v) is 5.92. The highest BCUT2D eigenvalue weighted by molar-refractivity contribution is 7.09. The van der Waals surface area contributed by atoms with Crippen molar-refractivity contribution in [2.75, 3.05) is 13.2 Å². The van der Waals surface area contributed by atoms with Gasteiger partial charge in [-0.2, -0.15) is 0 Å². The van der Waals surface area contributed by atoms with E-state index in [1.54, 1.807) is 29.5 Å². The largest absolute Gasteiger partial charge is 0.482 e. The van der Waals surface area contributed by atoms with Gasteiger partial charge >= 0.3 is 0 Å². The van der Waals surface area contributed by atoms with E-state index in [1.165, 1.54) is 4.88 Å². The number of carbonyl (C=O) groups excluding carboxylic acids is 1. The SMILES string of the molecule is O=C(COc1cc(Cl)ccc1Cl)NCCc1cccs1. The Balaban J connectivity index is 1.73. The van der Waals surface area contributed by atoms with Gasteiger partial charge < -0.3 is 10.1 Å². The number of carbonyl (C=O) groups is 1. The number of hydrogen-bond donors (Lipinski definition) is 1. The predicted molar refractivity (Wildman–Crippen MR) is 83.0 cm³/mol. The number of rotatable bonds is 6. The van der Waals surface area contributed by atoms with E-state index in [0.717, 1.165) is 6.42 Å². The third-order valence-electron chi connectivity index (χ3n) is 2.53. The minimum Gasteiger partial charge on any atom is -0.482 e. The molecule has 0 fully saturated rings. The Hall–Kier alpha value is -1.23. The topological polar surface area (TPSA) is 38.3 Å². The number of amides is 1. The summed E-state index contributed by atoms with van der Waals surface area (Å²) in [4.78, 5) is 12.9. The molecule has 0 saturated heterocycles. The highest BCUT2D eigenvalue weighted by atomic mass is 35.5. The van der Waals surface area contributed by atoms with Crippen LogP contribution in [0, 0.1) is 0 Å². The van der Waals surface area contributed by atoms with Gasteiger partial charge in [-0.1, -0.05) is 29.3 Å². The van der Waals surface area contributed by atoms with Gasteiger partial charge in [-0.05, 0) is 30.0 Å². The first-order valence-corrected chi connectivity index (χ1v) is 7.65. The van der Waals surface area contributed by atoms with Crippen LogP contribution in [0.3, 0.4) is 0 Å². The van der Waals surface area contributed by atoms with Crippen LogP contribution in [0.4, 0.5) is 0 Å². The summed E-state index contributed by atoms with van der Waals surface area (Å²) in [5, 5.41) is 5.75. The van der Waals surface area contributed by atoms with Crippen LogP contribution < -0.4 is 10.1 Å². The van der Waals surface area contributed by atoms with Crippen molar-refractivity contribution in [2.45, 2.75) is 6.42 Å². The first-order chi connectivity index (χ1) is 9.65. The summed E-state index contributed by atoms with van der Waals surface area (Å²) in [5.74, 6) is 0.227. The van der Waals surface area contributed by atoms with Gasteiger partial charge in [-0.3, -0.25) is 4.79 Å². The molecule has 0 unspecified atom stereocenters. The van der Waals surface area contributed by atoms with Gasteiger partial charge in [0.15, 0.2) is 6.61 Å². The number of halogens is 2. The maximum absolute atomic E-state index is 11.6. The summed E-state index contributed by atoms with van der Waals surface area (Å²) in [7, 11) is 0. The van der Waals surface area contributed by atoms with Gasteiger partial charge in [-0.25, -0.2) is 0 Å². The fraction of sp³-hybridized carbons (Fsp3) is 0.214. The molecule has 106 valence electrons. The second-order valence-electron chi connectivity index (χ2n) is 4.04. The standard InChI is InChI=1S/C14H13Cl2NO2S/c15-10-3-4-12(16)13(8-10)19-9-14(18)17-6-5-11-2-1-7-20-11/h1-4,7-8H,5-6,9H2,(H,17,18). The zero-order chi connectivity index (χ0) is 14.4. The van der Waals surface area contributed by atoms with Gasteiger partial charge in [0, 0.05) is 22.5 Å². The molecule has 1 aromatic heterocycles. The Morgan fingerprint density at radius 1 is 1.30 bits per heavy atom. The number of benzene rings is 1. The molecule has 1 amide bonds. The fourth-order valence-corrected chi connectivity index (χ4v) is 2.61. The predicted octanol–water partition coefficient (Wildman–Crippen LogP) is 3.79. The van der Waals surface area contributed by atoms with Crippen LogP contribution in [-0.2, 0) is 11.2 Å². The summed E-state index contributed by atoms with van der Waals surface area (Å²) >= 11 is 13.4. The van der Waals surface area contributed by atoms with E-state index in [9.17, 15) is 4.79 Å². The lowest BCUT2D eigenvalue weighted by Gasteiger charge is -2.08. The van der Waals surface area contributed by atoms with E-state index in [1.807, 2.05) is 17.5 Å². The van der Waals surface area contributed by atoms with E-state index in [-0.39, 0.29) is 12.5 Å². The molecule has 0 aliphatic carbocycles. The first-order valence-electron chi connectivity index (χ1n) is 6.02. The lowest BCUT2D eigenvalue weighted by Crippen LogP contribution is -2.30. The summed E-state index contributed by atoms with van der Waals surface area (Å²) < 4.78 is 5.34. The van der Waals surface area contributed by atoms with E-state index in [2.05, 4.69) is 5.32 Å². The Morgan fingerprint density at radius 2 is 2.15 bits per heavy atom. The average molecular weight is 330 g/mol. The van der Waals surface area contributed by atoms with Crippen LogP contribution in [0.5, 0.6) is 5.75 Å². The Kier molecular flexibility index (Phi) is 5.71. The minimum absolute atomic E-state index is 0.0789. The highest BCUT2D eigenvalue weighted by Gasteiger charge is 2.06. The molecule has 0 atom stereocenters. The molecule has 6 heteroatoms. The van der Waals surface area contributed by atoms with Crippen molar-refractivity contribution in [3.05, 3.63) is 50.6 Å². The number of nitrogens with one attached hydrogen (secondary N) is 1. The molecular weight excluding hydrogens is 317 g/mol. The lowest BCUT2D eigenvalue weighted by molar-refractivity contribution is -0.123. The number of hydrogen-bond acceptors (Lipinski definition) is 3. The van der Waals surface area contributed by atoms with Crippen LogP contribution >= 0.6 is 34.5 Å². The molecule has 1 heterocycles. The van der Waals surface area contributed by atoms with Crippen molar-refractivity contribution in [1.29, 1.82) is 0 Å². The van der Waals surface area contributed by atoms with Gasteiger partial charge in [-0.15, -0.1) is 11.3 Å². The monoisotopic (exact) mass is 329 g/mol. The lowest BCUT2D eigenvalue weighted by atomic mass is 10.3. The van der Waals surface area contributed by atoms with Gasteiger partial charge in [0.05, 0.1) is 5.02 Å². The molecule has 0 bridgehead atoms. The molecule has 0 spiro atoms. The van der Waals surface area contributed by atoms with Crippen LogP contribution in [0.2, 0.25) is 10.0 Å². The Bertz CT molecular complexity index is 573. The summed E-state index contributed by atoms with van der Waals surface area (Å²) in [6, 6.07) is 8.92. The number of ether oxygens (including phenoxy) is 1. The van der Waals surface area contributed by atoms with Gasteiger partial charge in [0.1, 0.15) is 5.75 Å². The number of thiophene rings is 1.